The van der Waals surface area contributed by atoms with Crippen LogP contribution < -0.4 is 9.64 Å². The molecule has 1 aliphatic heterocycles. The first-order valence-corrected chi connectivity index (χ1v) is 8.62. The number of anilines is 1. The van der Waals surface area contributed by atoms with Gasteiger partial charge in [0.05, 0.1) is 24.2 Å². The largest absolute Gasteiger partial charge is 0.436 e. The summed E-state index contributed by atoms with van der Waals surface area (Å²) in [4.78, 5) is 11.6. The molecule has 0 atom stereocenters. The van der Waals surface area contributed by atoms with Crippen molar-refractivity contribution in [2.24, 2.45) is 0 Å². The van der Waals surface area contributed by atoms with Crippen molar-refractivity contribution in [3.05, 3.63) is 53.0 Å². The highest BCUT2D eigenvalue weighted by atomic mass is 79.9. The van der Waals surface area contributed by atoms with Gasteiger partial charge in [-0.05, 0) is 36.4 Å². The molecule has 2 heterocycles. The summed E-state index contributed by atoms with van der Waals surface area (Å²) < 4.78 is 12.5. The van der Waals surface area contributed by atoms with Crippen molar-refractivity contribution in [3.8, 4) is 11.6 Å². The smallest absolute Gasteiger partial charge is 0.263 e. The van der Waals surface area contributed by atoms with E-state index in [4.69, 9.17) is 14.5 Å². The predicted octanol–water partition coefficient (Wildman–Crippen LogP) is 4.02. The standard InChI is InChI=1S/C18H16BrN3O2/c19-13-5-7-14(8-6-13)24-18-17(22-9-11-23-12-10-22)20-15-3-1-2-4-16(15)21-18/h1-8H,9-12H2. The summed E-state index contributed by atoms with van der Waals surface area (Å²) in [6, 6.07) is 15.5. The lowest BCUT2D eigenvalue weighted by Gasteiger charge is -2.28. The number of rotatable bonds is 3. The average molecular weight is 386 g/mol. The van der Waals surface area contributed by atoms with Gasteiger partial charge in [-0.3, -0.25) is 0 Å². The molecule has 0 spiro atoms. The third kappa shape index (κ3) is 3.20. The zero-order chi connectivity index (χ0) is 16.4. The minimum atomic E-state index is 0.526. The van der Waals surface area contributed by atoms with Gasteiger partial charge in [-0.2, -0.15) is 0 Å². The number of fused-ring (bicyclic) bond motifs is 1. The summed E-state index contributed by atoms with van der Waals surface area (Å²) in [5, 5.41) is 0. The Kier molecular flexibility index (Phi) is 4.32. The summed E-state index contributed by atoms with van der Waals surface area (Å²) in [6.45, 7) is 2.94. The van der Waals surface area contributed by atoms with Crippen molar-refractivity contribution >= 4 is 32.8 Å². The Morgan fingerprint density at radius 1 is 0.917 bits per heavy atom. The molecule has 0 unspecified atom stereocenters. The predicted molar refractivity (Wildman–Crippen MR) is 96.8 cm³/mol. The van der Waals surface area contributed by atoms with Gasteiger partial charge in [0.1, 0.15) is 5.75 Å². The second-order valence-corrected chi connectivity index (χ2v) is 6.41. The number of morpholine rings is 1. The first-order chi connectivity index (χ1) is 11.8. The molecule has 1 saturated heterocycles. The van der Waals surface area contributed by atoms with Crippen LogP contribution in [0.4, 0.5) is 5.82 Å². The molecule has 2 aromatic carbocycles. The van der Waals surface area contributed by atoms with Crippen LogP contribution >= 0.6 is 15.9 Å². The number of benzene rings is 2. The molecule has 3 aromatic rings. The van der Waals surface area contributed by atoms with Crippen LogP contribution in [0, 0.1) is 0 Å². The summed E-state index contributed by atoms with van der Waals surface area (Å²) in [5.74, 6) is 2.02. The monoisotopic (exact) mass is 385 g/mol. The zero-order valence-corrected chi connectivity index (χ0v) is 14.6. The quantitative estimate of drug-likeness (QED) is 0.681. The van der Waals surface area contributed by atoms with E-state index >= 15 is 0 Å². The molecular weight excluding hydrogens is 370 g/mol. The Balaban J connectivity index is 1.76. The van der Waals surface area contributed by atoms with E-state index in [1.165, 1.54) is 0 Å². The third-order valence-corrected chi connectivity index (χ3v) is 4.39. The highest BCUT2D eigenvalue weighted by molar-refractivity contribution is 9.10. The van der Waals surface area contributed by atoms with Crippen LogP contribution in [-0.4, -0.2) is 36.3 Å². The summed E-state index contributed by atoms with van der Waals surface area (Å²) >= 11 is 3.43. The van der Waals surface area contributed by atoms with Crippen LogP contribution in [0.15, 0.2) is 53.0 Å². The molecule has 0 radical (unpaired) electrons. The van der Waals surface area contributed by atoms with Crippen molar-refractivity contribution in [1.29, 1.82) is 0 Å². The molecular formula is C18H16BrN3O2. The van der Waals surface area contributed by atoms with Crippen LogP contribution in [0.5, 0.6) is 11.6 Å². The summed E-state index contributed by atoms with van der Waals surface area (Å²) in [7, 11) is 0. The maximum Gasteiger partial charge on any atom is 0.263 e. The van der Waals surface area contributed by atoms with Gasteiger partial charge in [0, 0.05) is 17.6 Å². The maximum atomic E-state index is 6.05. The number of hydrogen-bond donors (Lipinski definition) is 0. The van der Waals surface area contributed by atoms with Crippen LogP contribution in [0.1, 0.15) is 0 Å². The number of ether oxygens (including phenoxy) is 2. The van der Waals surface area contributed by atoms with E-state index in [1.807, 2.05) is 48.5 Å². The Hall–Kier alpha value is -2.18. The second kappa shape index (κ2) is 6.75. The zero-order valence-electron chi connectivity index (χ0n) is 13.0. The fraction of sp³-hybridized carbons (Fsp3) is 0.222. The highest BCUT2D eigenvalue weighted by Crippen LogP contribution is 2.31. The Bertz CT molecular complexity index is 849. The number of aromatic nitrogens is 2. The van der Waals surface area contributed by atoms with Crippen LogP contribution in [0.3, 0.4) is 0 Å². The summed E-state index contributed by atoms with van der Waals surface area (Å²) in [6.07, 6.45) is 0. The van der Waals surface area contributed by atoms with Crippen molar-refractivity contribution in [3.63, 3.8) is 0 Å². The minimum absolute atomic E-state index is 0.526. The lowest BCUT2D eigenvalue weighted by Crippen LogP contribution is -2.37. The van der Waals surface area contributed by atoms with Crippen molar-refractivity contribution in [1.82, 2.24) is 9.97 Å². The molecule has 6 heteroatoms. The van der Waals surface area contributed by atoms with Gasteiger partial charge in [0.2, 0.25) is 0 Å². The molecule has 1 fully saturated rings. The van der Waals surface area contributed by atoms with E-state index in [2.05, 4.69) is 25.8 Å². The number of hydrogen-bond acceptors (Lipinski definition) is 5. The van der Waals surface area contributed by atoms with E-state index in [0.29, 0.717) is 19.1 Å². The van der Waals surface area contributed by atoms with E-state index in [9.17, 15) is 0 Å². The molecule has 4 rings (SSSR count). The van der Waals surface area contributed by atoms with Crippen molar-refractivity contribution in [2.45, 2.75) is 0 Å². The van der Waals surface area contributed by atoms with Gasteiger partial charge in [0.15, 0.2) is 5.82 Å². The van der Waals surface area contributed by atoms with Crippen LogP contribution in [-0.2, 0) is 4.74 Å². The molecule has 0 saturated carbocycles. The topological polar surface area (TPSA) is 47.5 Å². The Labute approximate surface area is 148 Å². The normalized spacial score (nSPS) is 14.8. The SMILES string of the molecule is Brc1ccc(Oc2nc3ccccc3nc2N2CCOCC2)cc1. The van der Waals surface area contributed by atoms with Gasteiger partial charge in [-0.15, -0.1) is 0 Å². The van der Waals surface area contributed by atoms with Gasteiger partial charge >= 0.3 is 0 Å². The van der Waals surface area contributed by atoms with Gasteiger partial charge in [-0.1, -0.05) is 28.1 Å². The number of halogens is 1. The fourth-order valence-corrected chi connectivity index (χ4v) is 2.90. The third-order valence-electron chi connectivity index (χ3n) is 3.86. The number of para-hydroxylation sites is 2. The van der Waals surface area contributed by atoms with Crippen molar-refractivity contribution < 1.29 is 9.47 Å². The van der Waals surface area contributed by atoms with Crippen molar-refractivity contribution in [2.75, 3.05) is 31.2 Å². The lowest BCUT2D eigenvalue weighted by atomic mass is 10.3. The molecule has 0 amide bonds. The molecule has 122 valence electrons. The van der Waals surface area contributed by atoms with Crippen LogP contribution in [0.25, 0.3) is 11.0 Å². The molecule has 0 bridgehead atoms. The first kappa shape index (κ1) is 15.4. The van der Waals surface area contributed by atoms with E-state index < -0.39 is 0 Å². The minimum Gasteiger partial charge on any atom is -0.436 e. The maximum absolute atomic E-state index is 6.05. The lowest BCUT2D eigenvalue weighted by molar-refractivity contribution is 0.122. The van der Waals surface area contributed by atoms with Gasteiger partial charge < -0.3 is 14.4 Å². The van der Waals surface area contributed by atoms with Gasteiger partial charge in [0.25, 0.3) is 5.88 Å². The fourth-order valence-electron chi connectivity index (χ4n) is 2.64. The molecule has 24 heavy (non-hydrogen) atoms. The van der Waals surface area contributed by atoms with Crippen LogP contribution in [0.2, 0.25) is 0 Å². The Morgan fingerprint density at radius 3 is 2.29 bits per heavy atom. The molecule has 0 N–H and O–H groups in total. The second-order valence-electron chi connectivity index (χ2n) is 5.50. The molecule has 1 aromatic heterocycles. The highest BCUT2D eigenvalue weighted by Gasteiger charge is 2.20. The molecule has 1 aliphatic rings. The van der Waals surface area contributed by atoms with E-state index in [0.717, 1.165) is 40.2 Å². The average Bonchev–Trinajstić information content (AvgIpc) is 2.64. The number of nitrogens with zero attached hydrogens (tertiary/aromatic N) is 3. The molecule has 0 aliphatic carbocycles. The molecule has 5 nitrogen and oxygen atoms in total. The Morgan fingerprint density at radius 2 is 1.58 bits per heavy atom. The summed E-state index contributed by atoms with van der Waals surface area (Å²) in [5.41, 5.74) is 1.68. The van der Waals surface area contributed by atoms with E-state index in [-0.39, 0.29) is 0 Å². The van der Waals surface area contributed by atoms with Gasteiger partial charge in [-0.25, -0.2) is 9.97 Å². The first-order valence-electron chi connectivity index (χ1n) is 7.82. The van der Waals surface area contributed by atoms with E-state index in [1.54, 1.807) is 0 Å².